The molecule has 0 radical (unpaired) electrons. The quantitative estimate of drug-likeness (QED) is 0.595. The third-order valence-corrected chi connectivity index (χ3v) is 3.94. The van der Waals surface area contributed by atoms with E-state index in [0.29, 0.717) is 15.2 Å². The van der Waals surface area contributed by atoms with Crippen molar-refractivity contribution in [3.8, 4) is 22.4 Å². The highest BCUT2D eigenvalue weighted by Gasteiger charge is 2.10. The largest absolute Gasteiger partial charge is 0.275 e. The van der Waals surface area contributed by atoms with Crippen LogP contribution in [0, 0.1) is 10.3 Å². The van der Waals surface area contributed by atoms with Crippen molar-refractivity contribution in [2.75, 3.05) is 0 Å². The standard InChI is InChI=1S/C17H12ClFN2S/c1-21-10-15(11-5-7-14(19)8-6-11)17(22)16(20-21)12-3-2-4-13(18)9-12/h2-10H,1H3. The minimum Gasteiger partial charge on any atom is -0.275 e. The van der Waals surface area contributed by atoms with Gasteiger partial charge in [-0.25, -0.2) is 4.39 Å². The molecule has 0 aliphatic rings. The van der Waals surface area contributed by atoms with Gasteiger partial charge in [-0.3, -0.25) is 4.68 Å². The highest BCUT2D eigenvalue weighted by atomic mass is 35.5. The zero-order valence-electron chi connectivity index (χ0n) is 11.8. The van der Waals surface area contributed by atoms with E-state index in [9.17, 15) is 4.39 Å². The average molecular weight is 331 g/mol. The Morgan fingerprint density at radius 2 is 1.82 bits per heavy atom. The first-order valence-corrected chi connectivity index (χ1v) is 7.43. The molecule has 0 atom stereocenters. The highest BCUT2D eigenvalue weighted by molar-refractivity contribution is 7.71. The van der Waals surface area contributed by atoms with Crippen LogP contribution in [0.15, 0.2) is 54.7 Å². The second kappa shape index (κ2) is 5.99. The van der Waals surface area contributed by atoms with Crippen molar-refractivity contribution in [2.45, 2.75) is 0 Å². The lowest BCUT2D eigenvalue weighted by Crippen LogP contribution is -2.01. The second-order valence-corrected chi connectivity index (χ2v) is 5.76. The molecule has 5 heteroatoms. The van der Waals surface area contributed by atoms with Crippen LogP contribution < -0.4 is 0 Å². The molecule has 3 rings (SSSR count). The van der Waals surface area contributed by atoms with Gasteiger partial charge in [-0.15, -0.1) is 0 Å². The molecule has 0 N–H and O–H groups in total. The highest BCUT2D eigenvalue weighted by Crippen LogP contribution is 2.28. The van der Waals surface area contributed by atoms with Crippen molar-refractivity contribution in [3.63, 3.8) is 0 Å². The summed E-state index contributed by atoms with van der Waals surface area (Å²) in [6.07, 6.45) is 1.84. The van der Waals surface area contributed by atoms with Gasteiger partial charge >= 0.3 is 0 Å². The van der Waals surface area contributed by atoms with Gasteiger partial charge in [0.25, 0.3) is 0 Å². The lowest BCUT2D eigenvalue weighted by atomic mass is 10.0. The van der Waals surface area contributed by atoms with E-state index < -0.39 is 0 Å². The zero-order chi connectivity index (χ0) is 15.7. The monoisotopic (exact) mass is 330 g/mol. The molecule has 0 unspecified atom stereocenters. The molecule has 2 aromatic carbocycles. The van der Waals surface area contributed by atoms with E-state index in [1.807, 2.05) is 31.4 Å². The van der Waals surface area contributed by atoms with E-state index in [4.69, 9.17) is 23.8 Å². The molecule has 110 valence electrons. The minimum atomic E-state index is -0.275. The van der Waals surface area contributed by atoms with Crippen molar-refractivity contribution < 1.29 is 4.39 Å². The number of benzene rings is 2. The fourth-order valence-corrected chi connectivity index (χ4v) is 2.78. The Hall–Kier alpha value is -2.04. The maximum Gasteiger partial charge on any atom is 0.123 e. The molecule has 2 nitrogen and oxygen atoms in total. The molecule has 0 aliphatic heterocycles. The SMILES string of the molecule is Cn1cc(-c2ccc(F)cc2)c(=S)c(-c2cccc(Cl)c2)n1. The summed E-state index contributed by atoms with van der Waals surface area (Å²) in [5.74, 6) is -0.275. The third-order valence-electron chi connectivity index (χ3n) is 3.29. The third kappa shape index (κ3) is 2.93. The first-order valence-electron chi connectivity index (χ1n) is 6.64. The van der Waals surface area contributed by atoms with Crippen LogP contribution in [0.3, 0.4) is 0 Å². The van der Waals surface area contributed by atoms with E-state index in [2.05, 4.69) is 5.10 Å². The molecule has 0 aliphatic carbocycles. The van der Waals surface area contributed by atoms with E-state index in [0.717, 1.165) is 16.7 Å². The Bertz CT molecular complexity index is 888. The molecule has 1 aromatic heterocycles. The Morgan fingerprint density at radius 3 is 2.50 bits per heavy atom. The maximum absolute atomic E-state index is 13.1. The molecule has 0 amide bonds. The van der Waals surface area contributed by atoms with Crippen molar-refractivity contribution in [2.24, 2.45) is 7.05 Å². The second-order valence-electron chi connectivity index (χ2n) is 4.91. The van der Waals surface area contributed by atoms with Crippen LogP contribution in [0.25, 0.3) is 22.4 Å². The topological polar surface area (TPSA) is 17.8 Å². The number of rotatable bonds is 2. The first-order chi connectivity index (χ1) is 10.5. The number of aromatic nitrogens is 2. The summed E-state index contributed by atoms with van der Waals surface area (Å²) in [4.78, 5) is 0. The molecular weight excluding hydrogens is 319 g/mol. The Morgan fingerprint density at radius 1 is 1.09 bits per heavy atom. The summed E-state index contributed by atoms with van der Waals surface area (Å²) >= 11 is 11.6. The number of aryl methyl sites for hydroxylation is 1. The average Bonchev–Trinajstić information content (AvgIpc) is 2.50. The van der Waals surface area contributed by atoms with Crippen LogP contribution in [0.2, 0.25) is 5.02 Å². The molecule has 22 heavy (non-hydrogen) atoms. The fraction of sp³-hybridized carbons (Fsp3) is 0.0588. The zero-order valence-corrected chi connectivity index (χ0v) is 13.3. The van der Waals surface area contributed by atoms with Gasteiger partial charge in [0.05, 0.1) is 4.51 Å². The van der Waals surface area contributed by atoms with Crippen LogP contribution >= 0.6 is 23.8 Å². The minimum absolute atomic E-state index is 0.275. The van der Waals surface area contributed by atoms with Crippen LogP contribution in [-0.2, 0) is 7.05 Å². The van der Waals surface area contributed by atoms with E-state index in [-0.39, 0.29) is 5.82 Å². The predicted octanol–water partition coefficient (Wildman–Crippen LogP) is 5.28. The Balaban J connectivity index is 2.22. The summed E-state index contributed by atoms with van der Waals surface area (Å²) in [6, 6.07) is 13.7. The summed E-state index contributed by atoms with van der Waals surface area (Å²) in [7, 11) is 1.83. The smallest absolute Gasteiger partial charge is 0.123 e. The molecule has 0 bridgehead atoms. The van der Waals surface area contributed by atoms with Crippen LogP contribution in [0.4, 0.5) is 4.39 Å². The van der Waals surface area contributed by atoms with Gasteiger partial charge in [0, 0.05) is 29.4 Å². The van der Waals surface area contributed by atoms with Gasteiger partial charge < -0.3 is 0 Å². The summed E-state index contributed by atoms with van der Waals surface area (Å²) in [6.45, 7) is 0. The molecule has 1 heterocycles. The van der Waals surface area contributed by atoms with Crippen molar-refractivity contribution >= 4 is 23.8 Å². The summed E-state index contributed by atoms with van der Waals surface area (Å²) in [5, 5.41) is 5.10. The van der Waals surface area contributed by atoms with E-state index >= 15 is 0 Å². The van der Waals surface area contributed by atoms with Gasteiger partial charge in [0.1, 0.15) is 11.5 Å². The van der Waals surface area contributed by atoms with Crippen LogP contribution in [0.1, 0.15) is 0 Å². The van der Waals surface area contributed by atoms with Gasteiger partial charge in [0.15, 0.2) is 0 Å². The molecule has 0 fully saturated rings. The number of hydrogen-bond donors (Lipinski definition) is 0. The molecule has 0 saturated carbocycles. The molecule has 0 spiro atoms. The van der Waals surface area contributed by atoms with E-state index in [1.54, 1.807) is 22.9 Å². The summed E-state index contributed by atoms with van der Waals surface area (Å²) in [5.41, 5.74) is 3.23. The van der Waals surface area contributed by atoms with Gasteiger partial charge in [-0.1, -0.05) is 48.1 Å². The van der Waals surface area contributed by atoms with E-state index in [1.165, 1.54) is 12.1 Å². The lowest BCUT2D eigenvalue weighted by Gasteiger charge is -2.10. The van der Waals surface area contributed by atoms with Crippen molar-refractivity contribution in [1.82, 2.24) is 9.78 Å². The maximum atomic E-state index is 13.1. The van der Waals surface area contributed by atoms with Gasteiger partial charge in [-0.2, -0.15) is 5.10 Å². The lowest BCUT2D eigenvalue weighted by molar-refractivity contribution is 0.628. The number of nitrogens with zero attached hydrogens (tertiary/aromatic N) is 2. The normalized spacial score (nSPS) is 10.7. The Labute approximate surface area is 137 Å². The van der Waals surface area contributed by atoms with Crippen molar-refractivity contribution in [1.29, 1.82) is 0 Å². The van der Waals surface area contributed by atoms with Gasteiger partial charge in [0.2, 0.25) is 0 Å². The first kappa shape index (κ1) is 14.9. The van der Waals surface area contributed by atoms with Gasteiger partial charge in [-0.05, 0) is 29.8 Å². The summed E-state index contributed by atoms with van der Waals surface area (Å²) < 4.78 is 15.4. The predicted molar refractivity (Wildman–Crippen MR) is 89.9 cm³/mol. The number of halogens is 2. The van der Waals surface area contributed by atoms with Crippen molar-refractivity contribution in [3.05, 3.63) is 70.1 Å². The molecular formula is C17H12ClFN2S. The fourth-order valence-electron chi connectivity index (χ4n) is 2.26. The molecule has 3 aromatic rings. The molecule has 0 saturated heterocycles. The van der Waals surface area contributed by atoms with Crippen LogP contribution in [0.5, 0.6) is 0 Å². The Kier molecular flexibility index (Phi) is 4.05. The van der Waals surface area contributed by atoms with Crippen LogP contribution in [-0.4, -0.2) is 9.78 Å². The number of hydrogen-bond acceptors (Lipinski definition) is 2.